The summed E-state index contributed by atoms with van der Waals surface area (Å²) >= 11 is 0. The minimum atomic E-state index is -0.0786. The number of rotatable bonds is 2. The van der Waals surface area contributed by atoms with E-state index in [-0.39, 0.29) is 11.7 Å². The third-order valence-corrected chi connectivity index (χ3v) is 4.12. The number of ketones is 1. The number of nitrogen functional groups attached to an aromatic ring is 1. The average Bonchev–Trinajstić information content (AvgIpc) is 2.46. The highest BCUT2D eigenvalue weighted by molar-refractivity contribution is 6.05. The minimum absolute atomic E-state index is 0.0786. The number of aryl methyl sites for hydroxylation is 2. The van der Waals surface area contributed by atoms with Crippen LogP contribution in [-0.4, -0.2) is 10.8 Å². The van der Waals surface area contributed by atoms with Crippen molar-refractivity contribution in [2.75, 3.05) is 5.73 Å². The molecule has 0 aliphatic heterocycles. The predicted octanol–water partition coefficient (Wildman–Crippen LogP) is 3.28. The molecule has 0 amide bonds. The van der Waals surface area contributed by atoms with Crippen molar-refractivity contribution < 1.29 is 4.79 Å². The number of pyridine rings is 1. The van der Waals surface area contributed by atoms with Crippen LogP contribution in [-0.2, 0) is 6.42 Å². The summed E-state index contributed by atoms with van der Waals surface area (Å²) in [4.78, 5) is 17.0. The number of nitrogens with zero attached hydrogens (tertiary/aromatic N) is 1. The quantitative estimate of drug-likeness (QED) is 0.849. The number of carbonyl (C=O) groups is 1. The van der Waals surface area contributed by atoms with Gasteiger partial charge in [0, 0.05) is 12.1 Å². The van der Waals surface area contributed by atoms with Crippen LogP contribution in [0.3, 0.4) is 0 Å². The van der Waals surface area contributed by atoms with Gasteiger partial charge in [-0.2, -0.15) is 0 Å². The van der Waals surface area contributed by atoms with Crippen LogP contribution in [0.2, 0.25) is 0 Å². The van der Waals surface area contributed by atoms with E-state index in [0.717, 1.165) is 30.4 Å². The van der Waals surface area contributed by atoms with E-state index in [0.29, 0.717) is 11.4 Å². The molecule has 102 valence electrons. The smallest absolute Gasteiger partial charge is 0.174 e. The Bertz CT molecular complexity index is 644. The van der Waals surface area contributed by atoms with E-state index in [1.54, 1.807) is 6.20 Å². The Hall–Kier alpha value is -2.16. The summed E-state index contributed by atoms with van der Waals surface area (Å²) < 4.78 is 0. The van der Waals surface area contributed by atoms with E-state index in [4.69, 9.17) is 5.73 Å². The van der Waals surface area contributed by atoms with Gasteiger partial charge in [0.2, 0.25) is 0 Å². The molecule has 2 N–H and O–H groups in total. The zero-order valence-corrected chi connectivity index (χ0v) is 11.6. The van der Waals surface area contributed by atoms with Crippen molar-refractivity contribution in [3.63, 3.8) is 0 Å². The summed E-state index contributed by atoms with van der Waals surface area (Å²) in [6, 6.07) is 10.1. The first kappa shape index (κ1) is 12.9. The second kappa shape index (κ2) is 5.08. The summed E-state index contributed by atoms with van der Waals surface area (Å²) in [5.41, 5.74) is 9.86. The molecule has 0 fully saturated rings. The number of carbonyl (C=O) groups excluding carboxylic acids is 1. The molecule has 1 aromatic carbocycles. The van der Waals surface area contributed by atoms with Crippen molar-refractivity contribution in [3.8, 4) is 0 Å². The van der Waals surface area contributed by atoms with Crippen molar-refractivity contribution in [1.82, 2.24) is 4.98 Å². The Morgan fingerprint density at radius 3 is 2.90 bits per heavy atom. The summed E-state index contributed by atoms with van der Waals surface area (Å²) in [6.07, 6.45) is 4.65. The molecule has 3 nitrogen and oxygen atoms in total. The van der Waals surface area contributed by atoms with Crippen LogP contribution in [0.15, 0.2) is 36.5 Å². The lowest BCUT2D eigenvalue weighted by molar-refractivity contribution is 0.0951. The Morgan fingerprint density at radius 1 is 1.30 bits per heavy atom. The third-order valence-electron chi connectivity index (χ3n) is 4.12. The first-order chi connectivity index (χ1) is 9.68. The fourth-order valence-electron chi connectivity index (χ4n) is 3.10. The molecule has 0 spiro atoms. The largest absolute Gasteiger partial charge is 0.383 e. The van der Waals surface area contributed by atoms with Crippen LogP contribution in [0.5, 0.6) is 0 Å². The van der Waals surface area contributed by atoms with Gasteiger partial charge < -0.3 is 5.73 Å². The standard InChI is InChI=1S/C17H18N2O/c1-11-9-10-19-17(18)15(11)16(20)14-8-4-6-12-5-2-3-7-13(12)14/h2-3,5,7,9-10,14H,4,6,8H2,1H3,(H2,18,19). The van der Waals surface area contributed by atoms with Gasteiger partial charge in [0.05, 0.1) is 5.56 Å². The fourth-order valence-corrected chi connectivity index (χ4v) is 3.10. The van der Waals surface area contributed by atoms with Crippen molar-refractivity contribution in [1.29, 1.82) is 0 Å². The van der Waals surface area contributed by atoms with E-state index >= 15 is 0 Å². The van der Waals surface area contributed by atoms with Gasteiger partial charge in [-0.3, -0.25) is 4.79 Å². The van der Waals surface area contributed by atoms with Gasteiger partial charge in [-0.1, -0.05) is 24.3 Å². The van der Waals surface area contributed by atoms with Crippen LogP contribution in [0.4, 0.5) is 5.82 Å². The van der Waals surface area contributed by atoms with Crippen molar-refractivity contribution in [2.45, 2.75) is 32.1 Å². The maximum Gasteiger partial charge on any atom is 0.174 e. The molecule has 1 atom stereocenters. The molecule has 0 radical (unpaired) electrons. The summed E-state index contributed by atoms with van der Waals surface area (Å²) in [5, 5.41) is 0. The monoisotopic (exact) mass is 266 g/mol. The number of hydrogen-bond donors (Lipinski definition) is 1. The van der Waals surface area contributed by atoms with Crippen LogP contribution >= 0.6 is 0 Å². The number of fused-ring (bicyclic) bond motifs is 1. The molecule has 2 aromatic rings. The number of hydrogen-bond acceptors (Lipinski definition) is 3. The molecule has 3 rings (SSSR count). The number of Topliss-reactive ketones (excluding diaryl/α,β-unsaturated/α-hetero) is 1. The number of anilines is 1. The lowest BCUT2D eigenvalue weighted by atomic mass is 9.78. The third kappa shape index (κ3) is 2.09. The normalized spacial score (nSPS) is 17.6. The molecular weight excluding hydrogens is 248 g/mol. The van der Waals surface area contributed by atoms with Crippen LogP contribution < -0.4 is 5.73 Å². The van der Waals surface area contributed by atoms with Crippen LogP contribution in [0.25, 0.3) is 0 Å². The van der Waals surface area contributed by atoms with E-state index in [9.17, 15) is 4.79 Å². The maximum absolute atomic E-state index is 12.9. The number of benzene rings is 1. The molecule has 1 aliphatic carbocycles. The van der Waals surface area contributed by atoms with Crippen LogP contribution in [0.1, 0.15) is 45.8 Å². The molecule has 1 unspecified atom stereocenters. The lowest BCUT2D eigenvalue weighted by Gasteiger charge is -2.25. The van der Waals surface area contributed by atoms with E-state index in [1.165, 1.54) is 5.56 Å². The van der Waals surface area contributed by atoms with Crippen LogP contribution in [0, 0.1) is 6.92 Å². The Morgan fingerprint density at radius 2 is 2.10 bits per heavy atom. The van der Waals surface area contributed by atoms with Crippen molar-refractivity contribution >= 4 is 11.6 Å². The molecule has 1 aliphatic rings. The Labute approximate surface area is 118 Å². The Balaban J connectivity index is 2.05. The van der Waals surface area contributed by atoms with E-state index < -0.39 is 0 Å². The van der Waals surface area contributed by atoms with Gasteiger partial charge in [-0.25, -0.2) is 4.98 Å². The summed E-state index contributed by atoms with van der Waals surface area (Å²) in [7, 11) is 0. The zero-order chi connectivity index (χ0) is 14.1. The zero-order valence-electron chi connectivity index (χ0n) is 11.6. The topological polar surface area (TPSA) is 56.0 Å². The number of nitrogens with two attached hydrogens (primary N) is 1. The van der Waals surface area contributed by atoms with Gasteiger partial charge in [0.25, 0.3) is 0 Å². The second-order valence-electron chi connectivity index (χ2n) is 5.40. The maximum atomic E-state index is 12.9. The SMILES string of the molecule is Cc1ccnc(N)c1C(=O)C1CCCc2ccccc21. The highest BCUT2D eigenvalue weighted by atomic mass is 16.1. The summed E-state index contributed by atoms with van der Waals surface area (Å²) in [5.74, 6) is 0.378. The van der Waals surface area contributed by atoms with E-state index in [1.807, 2.05) is 25.1 Å². The molecule has 1 aromatic heterocycles. The molecular formula is C17H18N2O. The van der Waals surface area contributed by atoms with Crippen molar-refractivity contribution in [2.24, 2.45) is 0 Å². The molecule has 20 heavy (non-hydrogen) atoms. The summed E-state index contributed by atoms with van der Waals surface area (Å²) in [6.45, 7) is 1.92. The van der Waals surface area contributed by atoms with Gasteiger partial charge in [-0.05, 0) is 48.9 Å². The predicted molar refractivity (Wildman–Crippen MR) is 79.8 cm³/mol. The van der Waals surface area contributed by atoms with E-state index in [2.05, 4.69) is 17.1 Å². The molecule has 3 heteroatoms. The number of aromatic nitrogens is 1. The minimum Gasteiger partial charge on any atom is -0.383 e. The van der Waals surface area contributed by atoms with Crippen molar-refractivity contribution in [3.05, 3.63) is 58.8 Å². The van der Waals surface area contributed by atoms with Gasteiger partial charge in [0.15, 0.2) is 5.78 Å². The van der Waals surface area contributed by atoms with Gasteiger partial charge in [-0.15, -0.1) is 0 Å². The lowest BCUT2D eigenvalue weighted by Crippen LogP contribution is -2.21. The highest BCUT2D eigenvalue weighted by Gasteiger charge is 2.29. The fraction of sp³-hybridized carbons (Fsp3) is 0.294. The highest BCUT2D eigenvalue weighted by Crippen LogP contribution is 2.35. The molecule has 0 saturated heterocycles. The first-order valence-electron chi connectivity index (χ1n) is 7.01. The molecule has 0 bridgehead atoms. The molecule has 1 heterocycles. The average molecular weight is 266 g/mol. The molecule has 0 saturated carbocycles. The second-order valence-corrected chi connectivity index (χ2v) is 5.40. The first-order valence-corrected chi connectivity index (χ1v) is 7.01. The van der Waals surface area contributed by atoms with Gasteiger partial charge in [0.1, 0.15) is 5.82 Å². The Kier molecular flexibility index (Phi) is 3.26. The van der Waals surface area contributed by atoms with Gasteiger partial charge >= 0.3 is 0 Å².